The lowest BCUT2D eigenvalue weighted by atomic mass is 10.1. The molecular formula is C11H17NOS. The number of thiol groups is 1. The van der Waals surface area contributed by atoms with Gasteiger partial charge in [-0.15, -0.1) is 0 Å². The van der Waals surface area contributed by atoms with Crippen LogP contribution in [0.2, 0.25) is 0 Å². The second-order valence-electron chi connectivity index (χ2n) is 3.36. The fourth-order valence-corrected chi connectivity index (χ4v) is 1.77. The standard InChI is InChI=1S/C11H17NOS/c1-8-4-9(2)11(13-3)10(5-8)6-12-7-14/h4-5,12,14H,6-7H2,1-3H3. The van der Waals surface area contributed by atoms with Crippen LogP contribution in [0.5, 0.6) is 5.75 Å². The Morgan fingerprint density at radius 1 is 1.36 bits per heavy atom. The first-order valence-corrected chi connectivity index (χ1v) is 5.28. The smallest absolute Gasteiger partial charge is 0.126 e. The lowest BCUT2D eigenvalue weighted by Crippen LogP contribution is -2.11. The molecule has 0 saturated carbocycles. The van der Waals surface area contributed by atoms with Crippen LogP contribution in [-0.2, 0) is 6.54 Å². The van der Waals surface area contributed by atoms with Crippen LogP contribution in [0.4, 0.5) is 0 Å². The van der Waals surface area contributed by atoms with Gasteiger partial charge in [0.2, 0.25) is 0 Å². The first-order valence-electron chi connectivity index (χ1n) is 4.64. The summed E-state index contributed by atoms with van der Waals surface area (Å²) in [6.45, 7) is 4.96. The average molecular weight is 211 g/mol. The van der Waals surface area contributed by atoms with Crippen molar-refractivity contribution in [2.45, 2.75) is 20.4 Å². The van der Waals surface area contributed by atoms with E-state index in [1.807, 2.05) is 0 Å². The molecule has 0 amide bonds. The molecule has 0 aromatic heterocycles. The number of ether oxygens (including phenoxy) is 1. The molecule has 1 aromatic rings. The molecule has 2 nitrogen and oxygen atoms in total. The molecule has 0 unspecified atom stereocenters. The molecule has 1 N–H and O–H groups in total. The van der Waals surface area contributed by atoms with E-state index in [-0.39, 0.29) is 0 Å². The average Bonchev–Trinajstić information content (AvgIpc) is 2.14. The molecule has 1 rings (SSSR count). The molecule has 0 spiro atoms. The van der Waals surface area contributed by atoms with Crippen molar-refractivity contribution in [2.75, 3.05) is 13.0 Å². The van der Waals surface area contributed by atoms with Gasteiger partial charge in [0.25, 0.3) is 0 Å². The van der Waals surface area contributed by atoms with Gasteiger partial charge in [-0.3, -0.25) is 0 Å². The SMILES string of the molecule is COc1c(C)cc(C)cc1CNCS. The van der Waals surface area contributed by atoms with Gasteiger partial charge in [0.05, 0.1) is 7.11 Å². The van der Waals surface area contributed by atoms with Gasteiger partial charge in [-0.25, -0.2) is 0 Å². The molecule has 78 valence electrons. The van der Waals surface area contributed by atoms with E-state index in [1.54, 1.807) is 7.11 Å². The van der Waals surface area contributed by atoms with Crippen molar-refractivity contribution in [3.8, 4) is 5.75 Å². The lowest BCUT2D eigenvalue weighted by Gasteiger charge is -2.12. The minimum absolute atomic E-state index is 0.677. The first kappa shape index (κ1) is 11.4. The second-order valence-corrected chi connectivity index (χ2v) is 3.68. The molecule has 3 heteroatoms. The van der Waals surface area contributed by atoms with E-state index in [0.29, 0.717) is 5.88 Å². The zero-order valence-corrected chi connectivity index (χ0v) is 9.82. The topological polar surface area (TPSA) is 21.3 Å². The molecule has 0 aliphatic heterocycles. The Morgan fingerprint density at radius 2 is 2.07 bits per heavy atom. The molecule has 0 bridgehead atoms. The summed E-state index contributed by atoms with van der Waals surface area (Å²) in [6, 6.07) is 4.27. The minimum atomic E-state index is 0.677. The highest BCUT2D eigenvalue weighted by Gasteiger charge is 2.06. The van der Waals surface area contributed by atoms with Crippen molar-refractivity contribution in [2.24, 2.45) is 0 Å². The van der Waals surface area contributed by atoms with Gasteiger partial charge in [0.1, 0.15) is 5.75 Å². The van der Waals surface area contributed by atoms with Crippen LogP contribution in [0, 0.1) is 13.8 Å². The molecule has 0 fully saturated rings. The predicted molar refractivity (Wildman–Crippen MR) is 63.2 cm³/mol. The number of rotatable bonds is 4. The lowest BCUT2D eigenvalue weighted by molar-refractivity contribution is 0.405. The normalized spacial score (nSPS) is 10.3. The maximum absolute atomic E-state index is 5.36. The van der Waals surface area contributed by atoms with Crippen molar-refractivity contribution in [3.05, 3.63) is 28.8 Å². The van der Waals surface area contributed by atoms with Crippen molar-refractivity contribution < 1.29 is 4.74 Å². The minimum Gasteiger partial charge on any atom is -0.496 e. The van der Waals surface area contributed by atoms with Gasteiger partial charge in [-0.1, -0.05) is 17.7 Å². The highest BCUT2D eigenvalue weighted by molar-refractivity contribution is 7.80. The van der Waals surface area contributed by atoms with Gasteiger partial charge >= 0.3 is 0 Å². The quantitative estimate of drug-likeness (QED) is 0.589. The Balaban J connectivity index is 2.99. The summed E-state index contributed by atoms with van der Waals surface area (Å²) in [5.41, 5.74) is 3.64. The molecular weight excluding hydrogens is 194 g/mol. The van der Waals surface area contributed by atoms with Crippen LogP contribution >= 0.6 is 12.6 Å². The number of hydrogen-bond donors (Lipinski definition) is 2. The van der Waals surface area contributed by atoms with Gasteiger partial charge in [-0.05, 0) is 19.4 Å². The van der Waals surface area contributed by atoms with Crippen molar-refractivity contribution >= 4 is 12.6 Å². The van der Waals surface area contributed by atoms with Crippen LogP contribution in [0.25, 0.3) is 0 Å². The summed E-state index contributed by atoms with van der Waals surface area (Å²) in [4.78, 5) is 0. The monoisotopic (exact) mass is 211 g/mol. The molecule has 0 aliphatic rings. The first-order chi connectivity index (χ1) is 6.69. The van der Waals surface area contributed by atoms with Crippen LogP contribution < -0.4 is 10.1 Å². The summed E-state index contributed by atoms with van der Waals surface area (Å²) in [6.07, 6.45) is 0. The van der Waals surface area contributed by atoms with Crippen LogP contribution in [-0.4, -0.2) is 13.0 Å². The van der Waals surface area contributed by atoms with E-state index in [1.165, 1.54) is 16.7 Å². The highest BCUT2D eigenvalue weighted by atomic mass is 32.1. The molecule has 14 heavy (non-hydrogen) atoms. The molecule has 0 saturated heterocycles. The molecule has 0 aliphatic carbocycles. The van der Waals surface area contributed by atoms with Crippen molar-refractivity contribution in [1.29, 1.82) is 0 Å². The number of methoxy groups -OCH3 is 1. The van der Waals surface area contributed by atoms with Crippen molar-refractivity contribution in [3.63, 3.8) is 0 Å². The number of nitrogens with one attached hydrogen (secondary N) is 1. The van der Waals surface area contributed by atoms with Gasteiger partial charge in [0, 0.05) is 18.0 Å². The van der Waals surface area contributed by atoms with Gasteiger partial charge < -0.3 is 10.1 Å². The Labute approximate surface area is 91.1 Å². The van der Waals surface area contributed by atoms with E-state index in [9.17, 15) is 0 Å². The second kappa shape index (κ2) is 5.27. The summed E-state index contributed by atoms with van der Waals surface area (Å²) in [5.74, 6) is 1.65. The summed E-state index contributed by atoms with van der Waals surface area (Å²) in [7, 11) is 1.71. The van der Waals surface area contributed by atoms with Gasteiger partial charge in [0.15, 0.2) is 0 Å². The third kappa shape index (κ3) is 2.66. The molecule has 0 atom stereocenters. The zero-order chi connectivity index (χ0) is 10.6. The fraction of sp³-hybridized carbons (Fsp3) is 0.455. The molecule has 0 heterocycles. The maximum Gasteiger partial charge on any atom is 0.126 e. The largest absolute Gasteiger partial charge is 0.496 e. The maximum atomic E-state index is 5.36. The number of aryl methyl sites for hydroxylation is 2. The molecule has 0 radical (unpaired) electrons. The van der Waals surface area contributed by atoms with E-state index < -0.39 is 0 Å². The van der Waals surface area contributed by atoms with E-state index in [4.69, 9.17) is 4.74 Å². The van der Waals surface area contributed by atoms with Crippen molar-refractivity contribution in [1.82, 2.24) is 5.32 Å². The van der Waals surface area contributed by atoms with Crippen LogP contribution in [0.1, 0.15) is 16.7 Å². The van der Waals surface area contributed by atoms with Gasteiger partial charge in [-0.2, -0.15) is 12.6 Å². The Bertz CT molecular complexity index is 312. The van der Waals surface area contributed by atoms with E-state index >= 15 is 0 Å². The highest BCUT2D eigenvalue weighted by Crippen LogP contribution is 2.24. The van der Waals surface area contributed by atoms with E-state index in [2.05, 4.69) is 43.9 Å². The fourth-order valence-electron chi connectivity index (χ4n) is 1.66. The Morgan fingerprint density at radius 3 is 2.64 bits per heavy atom. The summed E-state index contributed by atoms with van der Waals surface area (Å²) in [5, 5.41) is 3.18. The van der Waals surface area contributed by atoms with Crippen LogP contribution in [0.3, 0.4) is 0 Å². The van der Waals surface area contributed by atoms with E-state index in [0.717, 1.165) is 12.3 Å². The zero-order valence-electron chi connectivity index (χ0n) is 8.92. The Kier molecular flexibility index (Phi) is 4.29. The summed E-state index contributed by atoms with van der Waals surface area (Å²) < 4.78 is 5.36. The number of benzene rings is 1. The van der Waals surface area contributed by atoms with Crippen LogP contribution in [0.15, 0.2) is 12.1 Å². The summed E-state index contributed by atoms with van der Waals surface area (Å²) >= 11 is 4.11. The third-order valence-electron chi connectivity index (χ3n) is 2.13. The Hall–Kier alpha value is -0.670. The predicted octanol–water partition coefficient (Wildman–Crippen LogP) is 2.29. The number of hydrogen-bond acceptors (Lipinski definition) is 3. The molecule has 1 aromatic carbocycles. The third-order valence-corrected chi connectivity index (χ3v) is 2.35.